The molecule has 0 atom stereocenters. The van der Waals surface area contributed by atoms with Gasteiger partial charge in [0.05, 0.1) is 11.1 Å². The van der Waals surface area contributed by atoms with Gasteiger partial charge in [-0.25, -0.2) is 14.4 Å². The first-order chi connectivity index (χ1) is 13.1. The van der Waals surface area contributed by atoms with Gasteiger partial charge < -0.3 is 14.7 Å². The zero-order chi connectivity index (χ0) is 18.8. The topological polar surface area (TPSA) is 58.5 Å². The molecule has 1 aromatic heterocycles. The number of fused-ring (bicyclic) bond motifs is 1. The predicted molar refractivity (Wildman–Crippen MR) is 103 cm³/mol. The van der Waals surface area contributed by atoms with Crippen LogP contribution in [-0.4, -0.2) is 41.9 Å². The van der Waals surface area contributed by atoms with Crippen molar-refractivity contribution in [1.29, 1.82) is 0 Å². The molecule has 1 aliphatic rings. The third-order valence-corrected chi connectivity index (χ3v) is 5.02. The van der Waals surface area contributed by atoms with Crippen LogP contribution in [0.1, 0.15) is 12.8 Å². The Hall–Kier alpha value is -2.73. The van der Waals surface area contributed by atoms with Gasteiger partial charge in [0.1, 0.15) is 17.4 Å². The zero-order valence-corrected chi connectivity index (χ0v) is 15.2. The number of aromatic hydroxyl groups is 1. The Morgan fingerprint density at radius 3 is 2.70 bits per heavy atom. The normalized spacial score (nSPS) is 15.2. The molecule has 0 unspecified atom stereocenters. The molecule has 140 valence electrons. The molecule has 0 radical (unpaired) electrons. The molecule has 0 spiro atoms. The fourth-order valence-corrected chi connectivity index (χ4v) is 3.56. The Bertz CT molecular complexity index is 957. The summed E-state index contributed by atoms with van der Waals surface area (Å²) in [4.78, 5) is 11.3. The highest BCUT2D eigenvalue weighted by molar-refractivity contribution is 5.91. The highest BCUT2D eigenvalue weighted by Gasteiger charge is 2.20. The van der Waals surface area contributed by atoms with E-state index in [9.17, 15) is 9.50 Å². The number of benzene rings is 2. The van der Waals surface area contributed by atoms with Gasteiger partial charge in [0.15, 0.2) is 5.82 Å². The van der Waals surface area contributed by atoms with Crippen LogP contribution in [0.2, 0.25) is 0 Å². The third kappa shape index (κ3) is 3.71. The highest BCUT2D eigenvalue weighted by Crippen LogP contribution is 2.32. The molecule has 0 aliphatic carbocycles. The number of ether oxygens (including phenoxy) is 1. The van der Waals surface area contributed by atoms with E-state index < -0.39 is 0 Å². The fraction of sp³-hybridized carbons (Fsp3) is 0.333. The van der Waals surface area contributed by atoms with Crippen molar-refractivity contribution in [3.05, 3.63) is 48.3 Å². The first kappa shape index (κ1) is 17.7. The maximum absolute atomic E-state index is 13.9. The molecule has 27 heavy (non-hydrogen) atoms. The van der Waals surface area contributed by atoms with Crippen LogP contribution < -0.4 is 4.90 Å². The molecule has 5 nitrogen and oxygen atoms in total. The second-order valence-electron chi connectivity index (χ2n) is 6.99. The van der Waals surface area contributed by atoms with Gasteiger partial charge in [-0.1, -0.05) is 12.1 Å². The highest BCUT2D eigenvalue weighted by atomic mass is 19.1. The third-order valence-electron chi connectivity index (χ3n) is 5.02. The Balaban J connectivity index is 1.79. The summed E-state index contributed by atoms with van der Waals surface area (Å²) in [5.74, 6) is 1.42. The first-order valence-corrected chi connectivity index (χ1v) is 9.16. The summed E-state index contributed by atoms with van der Waals surface area (Å²) in [7, 11) is 1.97. The van der Waals surface area contributed by atoms with Crippen molar-refractivity contribution < 1.29 is 14.2 Å². The number of hydrogen-bond donors (Lipinski definition) is 1. The minimum atomic E-state index is -0.317. The lowest BCUT2D eigenvalue weighted by Gasteiger charge is -2.28. The number of phenols is 1. The molecule has 1 saturated heterocycles. The van der Waals surface area contributed by atoms with Gasteiger partial charge in [0.25, 0.3) is 0 Å². The second kappa shape index (κ2) is 7.48. The van der Waals surface area contributed by atoms with Crippen molar-refractivity contribution in [3.8, 4) is 17.1 Å². The van der Waals surface area contributed by atoms with E-state index in [2.05, 4.69) is 9.88 Å². The largest absolute Gasteiger partial charge is 0.507 e. The number of rotatable bonds is 4. The summed E-state index contributed by atoms with van der Waals surface area (Å²) in [6.07, 6.45) is 2.02. The Morgan fingerprint density at radius 1 is 1.15 bits per heavy atom. The second-order valence-corrected chi connectivity index (χ2v) is 6.99. The van der Waals surface area contributed by atoms with Crippen LogP contribution in [0, 0.1) is 11.7 Å². The lowest BCUT2D eigenvalue weighted by atomic mass is 10.00. The van der Waals surface area contributed by atoms with Crippen molar-refractivity contribution >= 4 is 16.7 Å². The first-order valence-electron chi connectivity index (χ1n) is 9.16. The summed E-state index contributed by atoms with van der Waals surface area (Å²) in [6, 6.07) is 11.5. The van der Waals surface area contributed by atoms with Gasteiger partial charge in [-0.2, -0.15) is 0 Å². The summed E-state index contributed by atoms with van der Waals surface area (Å²) < 4.78 is 19.3. The molecule has 1 N–H and O–H groups in total. The summed E-state index contributed by atoms with van der Waals surface area (Å²) in [5, 5.41) is 10.9. The SMILES string of the molecule is CN(CC1CCOCC1)c1nc(-c2ccccc2O)nc2ccc(F)cc12. The summed E-state index contributed by atoms with van der Waals surface area (Å²) in [6.45, 7) is 2.37. The molecule has 2 aromatic carbocycles. The minimum absolute atomic E-state index is 0.122. The van der Waals surface area contributed by atoms with Crippen molar-refractivity contribution in [2.24, 2.45) is 5.92 Å². The van der Waals surface area contributed by atoms with E-state index in [1.165, 1.54) is 12.1 Å². The van der Waals surface area contributed by atoms with Crippen molar-refractivity contribution in [2.75, 3.05) is 31.7 Å². The molecule has 6 heteroatoms. The number of aromatic nitrogens is 2. The maximum atomic E-state index is 13.9. The van der Waals surface area contributed by atoms with Crippen LogP contribution in [0.15, 0.2) is 42.5 Å². The predicted octanol–water partition coefficient (Wildman–Crippen LogP) is 4.00. The lowest BCUT2D eigenvalue weighted by molar-refractivity contribution is 0.0685. The van der Waals surface area contributed by atoms with Crippen LogP contribution in [0.25, 0.3) is 22.3 Å². The van der Waals surface area contributed by atoms with Crippen molar-refractivity contribution in [1.82, 2.24) is 9.97 Å². The van der Waals surface area contributed by atoms with Gasteiger partial charge in [0, 0.05) is 32.2 Å². The van der Waals surface area contributed by atoms with Crippen LogP contribution in [-0.2, 0) is 4.74 Å². The molecule has 3 aromatic rings. The van der Waals surface area contributed by atoms with Gasteiger partial charge in [-0.15, -0.1) is 0 Å². The van der Waals surface area contributed by atoms with Gasteiger partial charge >= 0.3 is 0 Å². The lowest BCUT2D eigenvalue weighted by Crippen LogP contribution is -2.30. The Labute approximate surface area is 157 Å². The van der Waals surface area contributed by atoms with E-state index in [1.54, 1.807) is 24.3 Å². The standard InChI is InChI=1S/C21H22FN3O2/c1-25(13-14-8-10-27-11-9-14)21-17-12-15(22)6-7-18(17)23-20(24-21)16-4-2-3-5-19(16)26/h2-7,12,14,26H,8-11,13H2,1H3. The van der Waals surface area contributed by atoms with Gasteiger partial charge in [-0.3, -0.25) is 0 Å². The van der Waals surface area contributed by atoms with E-state index in [4.69, 9.17) is 9.72 Å². The maximum Gasteiger partial charge on any atom is 0.165 e. The number of phenolic OH excluding ortho intramolecular Hbond substituents is 1. The van der Waals surface area contributed by atoms with Gasteiger partial charge in [-0.05, 0) is 49.1 Å². The molecule has 0 amide bonds. The zero-order valence-electron chi connectivity index (χ0n) is 15.2. The van der Waals surface area contributed by atoms with Crippen LogP contribution in [0.5, 0.6) is 5.75 Å². The minimum Gasteiger partial charge on any atom is -0.507 e. The van der Waals surface area contributed by atoms with Crippen molar-refractivity contribution in [2.45, 2.75) is 12.8 Å². The van der Waals surface area contributed by atoms with E-state index in [-0.39, 0.29) is 11.6 Å². The average molecular weight is 367 g/mol. The number of anilines is 1. The quantitative estimate of drug-likeness (QED) is 0.755. The summed E-state index contributed by atoms with van der Waals surface area (Å²) >= 11 is 0. The fourth-order valence-electron chi connectivity index (χ4n) is 3.56. The number of para-hydroxylation sites is 1. The Morgan fingerprint density at radius 2 is 1.93 bits per heavy atom. The average Bonchev–Trinajstić information content (AvgIpc) is 2.68. The monoisotopic (exact) mass is 367 g/mol. The van der Waals surface area contributed by atoms with E-state index in [0.29, 0.717) is 34.0 Å². The smallest absolute Gasteiger partial charge is 0.165 e. The number of halogens is 1. The van der Waals surface area contributed by atoms with Crippen LogP contribution in [0.4, 0.5) is 10.2 Å². The van der Waals surface area contributed by atoms with Crippen LogP contribution >= 0.6 is 0 Å². The summed E-state index contributed by atoms with van der Waals surface area (Å²) in [5.41, 5.74) is 1.21. The molecule has 2 heterocycles. The molecule has 0 bridgehead atoms. The van der Waals surface area contributed by atoms with Crippen LogP contribution in [0.3, 0.4) is 0 Å². The Kier molecular flexibility index (Phi) is 4.90. The molecule has 1 aliphatic heterocycles. The molecule has 1 fully saturated rings. The molecular weight excluding hydrogens is 345 g/mol. The molecule has 4 rings (SSSR count). The molecule has 0 saturated carbocycles. The van der Waals surface area contributed by atoms with E-state index in [0.717, 1.165) is 32.6 Å². The van der Waals surface area contributed by atoms with Gasteiger partial charge in [0.2, 0.25) is 0 Å². The number of hydrogen-bond acceptors (Lipinski definition) is 5. The number of nitrogens with zero attached hydrogens (tertiary/aromatic N) is 3. The van der Waals surface area contributed by atoms with Crippen molar-refractivity contribution in [3.63, 3.8) is 0 Å². The van der Waals surface area contributed by atoms with E-state index in [1.807, 2.05) is 13.1 Å². The van der Waals surface area contributed by atoms with E-state index >= 15 is 0 Å². The molecular formula is C21H22FN3O2.